The number of rotatable bonds is 6. The molecule has 0 saturated heterocycles. The van der Waals surface area contributed by atoms with Gasteiger partial charge >= 0.3 is 0 Å². The van der Waals surface area contributed by atoms with Gasteiger partial charge in [-0.25, -0.2) is 19.6 Å². The number of nitrogens with two attached hydrogens (primary N) is 1. The van der Waals surface area contributed by atoms with Gasteiger partial charge in [0.05, 0.1) is 0 Å². The zero-order chi connectivity index (χ0) is 13.7. The third kappa shape index (κ3) is 3.29. The standard InChI is InChI=1S/C12H20F2N4/c1-4-8(3)7-18(5-2)12-10(14)6-9(13)11(16-12)17-15/h6,8H,4-5,7,15H2,1-3H3,(H,16,17). The van der Waals surface area contributed by atoms with Crippen molar-refractivity contribution in [1.82, 2.24) is 4.98 Å². The zero-order valence-electron chi connectivity index (χ0n) is 11.0. The van der Waals surface area contributed by atoms with E-state index in [0.29, 0.717) is 19.0 Å². The molecule has 1 unspecified atom stereocenters. The van der Waals surface area contributed by atoms with E-state index in [4.69, 9.17) is 5.84 Å². The van der Waals surface area contributed by atoms with Crippen molar-refractivity contribution < 1.29 is 8.78 Å². The quantitative estimate of drug-likeness (QED) is 0.608. The first kappa shape index (κ1) is 14.6. The van der Waals surface area contributed by atoms with Crippen molar-refractivity contribution in [3.8, 4) is 0 Å². The molecule has 0 bridgehead atoms. The minimum absolute atomic E-state index is 0.132. The van der Waals surface area contributed by atoms with E-state index in [1.165, 1.54) is 0 Å². The highest BCUT2D eigenvalue weighted by Crippen LogP contribution is 2.22. The molecule has 3 N–H and O–H groups in total. The molecule has 1 rings (SSSR count). The third-order valence-electron chi connectivity index (χ3n) is 2.96. The van der Waals surface area contributed by atoms with Gasteiger partial charge in [-0.3, -0.25) is 0 Å². The predicted molar refractivity (Wildman–Crippen MR) is 69.3 cm³/mol. The number of anilines is 2. The SMILES string of the molecule is CCC(C)CN(CC)c1nc(NN)c(F)cc1F. The van der Waals surface area contributed by atoms with Gasteiger partial charge in [0.25, 0.3) is 0 Å². The van der Waals surface area contributed by atoms with Crippen LogP contribution in [-0.4, -0.2) is 18.1 Å². The highest BCUT2D eigenvalue weighted by Gasteiger charge is 2.17. The molecule has 0 radical (unpaired) electrons. The van der Waals surface area contributed by atoms with Crippen LogP contribution in [0.25, 0.3) is 0 Å². The molecule has 0 spiro atoms. The molecule has 0 aliphatic heterocycles. The lowest BCUT2D eigenvalue weighted by Gasteiger charge is -2.25. The van der Waals surface area contributed by atoms with E-state index in [9.17, 15) is 8.78 Å². The summed E-state index contributed by atoms with van der Waals surface area (Å²) < 4.78 is 27.0. The molecule has 6 heteroatoms. The van der Waals surface area contributed by atoms with Gasteiger partial charge in [-0.05, 0) is 12.8 Å². The first-order valence-electron chi connectivity index (χ1n) is 6.11. The van der Waals surface area contributed by atoms with Crippen molar-refractivity contribution in [3.63, 3.8) is 0 Å². The first-order valence-corrected chi connectivity index (χ1v) is 6.11. The Morgan fingerprint density at radius 3 is 2.56 bits per heavy atom. The highest BCUT2D eigenvalue weighted by atomic mass is 19.1. The second-order valence-corrected chi connectivity index (χ2v) is 4.32. The molecule has 1 atom stereocenters. The van der Waals surface area contributed by atoms with Crippen LogP contribution >= 0.6 is 0 Å². The number of nitrogens with one attached hydrogen (secondary N) is 1. The normalized spacial score (nSPS) is 12.3. The van der Waals surface area contributed by atoms with Gasteiger partial charge in [-0.15, -0.1) is 0 Å². The van der Waals surface area contributed by atoms with E-state index >= 15 is 0 Å². The Morgan fingerprint density at radius 1 is 1.39 bits per heavy atom. The van der Waals surface area contributed by atoms with Crippen LogP contribution in [0.1, 0.15) is 27.2 Å². The van der Waals surface area contributed by atoms with Gasteiger partial charge in [0.1, 0.15) is 0 Å². The molecule has 0 aromatic carbocycles. The van der Waals surface area contributed by atoms with Crippen LogP contribution < -0.4 is 16.2 Å². The molecule has 0 fully saturated rings. The number of pyridine rings is 1. The molecule has 102 valence electrons. The molecule has 0 aliphatic carbocycles. The van der Waals surface area contributed by atoms with E-state index in [-0.39, 0.29) is 11.6 Å². The molecule has 0 amide bonds. The average molecular weight is 258 g/mol. The van der Waals surface area contributed by atoms with Gasteiger partial charge in [0.2, 0.25) is 0 Å². The average Bonchev–Trinajstić information content (AvgIpc) is 2.36. The monoisotopic (exact) mass is 258 g/mol. The topological polar surface area (TPSA) is 54.2 Å². The summed E-state index contributed by atoms with van der Waals surface area (Å²) in [5, 5.41) is 0. The van der Waals surface area contributed by atoms with Gasteiger partial charge in [0, 0.05) is 19.2 Å². The number of nitrogen functional groups attached to an aromatic ring is 1. The van der Waals surface area contributed by atoms with Crippen LogP contribution in [0.3, 0.4) is 0 Å². The maximum absolute atomic E-state index is 13.7. The summed E-state index contributed by atoms with van der Waals surface area (Å²) in [4.78, 5) is 5.67. The Bertz CT molecular complexity index is 398. The first-order chi connectivity index (χ1) is 8.53. The molecule has 18 heavy (non-hydrogen) atoms. The Balaban J connectivity index is 3.04. The third-order valence-corrected chi connectivity index (χ3v) is 2.96. The molecule has 1 heterocycles. The summed E-state index contributed by atoms with van der Waals surface area (Å²) in [6, 6.07) is 0.802. The number of hydrogen-bond donors (Lipinski definition) is 2. The van der Waals surface area contributed by atoms with E-state index in [2.05, 4.69) is 24.3 Å². The van der Waals surface area contributed by atoms with E-state index < -0.39 is 11.6 Å². The van der Waals surface area contributed by atoms with Gasteiger partial charge in [-0.2, -0.15) is 0 Å². The number of hydrogen-bond acceptors (Lipinski definition) is 4. The number of nitrogens with zero attached hydrogens (tertiary/aromatic N) is 2. The molecule has 0 saturated carbocycles. The minimum atomic E-state index is -0.793. The molecule has 0 aliphatic rings. The zero-order valence-corrected chi connectivity index (χ0v) is 11.0. The lowest BCUT2D eigenvalue weighted by Crippen LogP contribution is -2.30. The highest BCUT2D eigenvalue weighted by molar-refractivity contribution is 5.48. The minimum Gasteiger partial charge on any atom is -0.354 e. The summed E-state index contributed by atoms with van der Waals surface area (Å²) in [6.07, 6.45) is 0.987. The fourth-order valence-electron chi connectivity index (χ4n) is 1.65. The van der Waals surface area contributed by atoms with Crippen LogP contribution in [0.4, 0.5) is 20.4 Å². The van der Waals surface area contributed by atoms with Gasteiger partial charge in [0.15, 0.2) is 23.3 Å². The fourth-order valence-corrected chi connectivity index (χ4v) is 1.65. The van der Waals surface area contributed by atoms with E-state index in [0.717, 1.165) is 12.5 Å². The number of hydrazine groups is 1. The molecule has 1 aromatic heterocycles. The second-order valence-electron chi connectivity index (χ2n) is 4.32. The van der Waals surface area contributed by atoms with Crippen molar-refractivity contribution >= 4 is 11.6 Å². The summed E-state index contributed by atoms with van der Waals surface area (Å²) in [5.74, 6) is 4.08. The lowest BCUT2D eigenvalue weighted by atomic mass is 10.1. The summed E-state index contributed by atoms with van der Waals surface area (Å²) in [5.41, 5.74) is 2.13. The number of aromatic nitrogens is 1. The maximum Gasteiger partial charge on any atom is 0.178 e. The summed E-state index contributed by atoms with van der Waals surface area (Å²) >= 11 is 0. The van der Waals surface area contributed by atoms with E-state index in [1.54, 1.807) is 4.90 Å². The van der Waals surface area contributed by atoms with Crippen molar-refractivity contribution in [2.24, 2.45) is 11.8 Å². The molecule has 1 aromatic rings. The summed E-state index contributed by atoms with van der Waals surface area (Å²) in [7, 11) is 0. The summed E-state index contributed by atoms with van der Waals surface area (Å²) in [6.45, 7) is 7.32. The van der Waals surface area contributed by atoms with Crippen LogP contribution in [0.5, 0.6) is 0 Å². The Labute approximate surface area is 106 Å². The Hall–Kier alpha value is -1.43. The Kier molecular flexibility index (Phi) is 5.27. The Morgan fingerprint density at radius 2 is 2.06 bits per heavy atom. The maximum atomic E-state index is 13.7. The van der Waals surface area contributed by atoms with Crippen LogP contribution in [0.2, 0.25) is 0 Å². The van der Waals surface area contributed by atoms with Gasteiger partial charge in [-0.1, -0.05) is 20.3 Å². The van der Waals surface area contributed by atoms with Crippen LogP contribution in [-0.2, 0) is 0 Å². The fraction of sp³-hybridized carbons (Fsp3) is 0.583. The predicted octanol–water partition coefficient (Wildman–Crippen LogP) is 2.52. The largest absolute Gasteiger partial charge is 0.354 e. The van der Waals surface area contributed by atoms with Crippen LogP contribution in [0, 0.1) is 17.6 Å². The van der Waals surface area contributed by atoms with Crippen LogP contribution in [0.15, 0.2) is 6.07 Å². The smallest absolute Gasteiger partial charge is 0.178 e. The molecular weight excluding hydrogens is 238 g/mol. The van der Waals surface area contributed by atoms with Crippen molar-refractivity contribution in [1.29, 1.82) is 0 Å². The lowest BCUT2D eigenvalue weighted by molar-refractivity contribution is 0.527. The molecular formula is C12H20F2N4. The van der Waals surface area contributed by atoms with Gasteiger partial charge < -0.3 is 10.3 Å². The van der Waals surface area contributed by atoms with E-state index in [1.807, 2.05) is 6.92 Å². The number of halogens is 2. The van der Waals surface area contributed by atoms with Crippen molar-refractivity contribution in [3.05, 3.63) is 17.7 Å². The van der Waals surface area contributed by atoms with Crippen molar-refractivity contribution in [2.75, 3.05) is 23.4 Å². The van der Waals surface area contributed by atoms with Crippen molar-refractivity contribution in [2.45, 2.75) is 27.2 Å². The second kappa shape index (κ2) is 6.49. The molecule has 4 nitrogen and oxygen atoms in total.